The van der Waals surface area contributed by atoms with Gasteiger partial charge >= 0.3 is 11.8 Å². The first-order valence-corrected chi connectivity index (χ1v) is 5.08. The Morgan fingerprint density at radius 3 is 3.24 bits per heavy atom. The SMILES string of the molecule is CC[C@H]1Oc2nc([N+](=O)[O-])cn2C[C@@H]1N=[N+]=[N-]. The van der Waals surface area contributed by atoms with Gasteiger partial charge in [0.2, 0.25) is 0 Å². The first kappa shape index (κ1) is 11.2. The number of nitrogens with zero attached hydrogens (tertiary/aromatic N) is 6. The number of fused-ring (bicyclic) bond motifs is 1. The quantitative estimate of drug-likeness (QED) is 0.261. The van der Waals surface area contributed by atoms with Crippen LogP contribution in [0.2, 0.25) is 0 Å². The van der Waals surface area contributed by atoms with Gasteiger partial charge in [0.05, 0.1) is 6.04 Å². The second kappa shape index (κ2) is 4.30. The molecular weight excluding hydrogens is 228 g/mol. The summed E-state index contributed by atoms with van der Waals surface area (Å²) in [6, 6.07) is -0.167. The summed E-state index contributed by atoms with van der Waals surface area (Å²) < 4.78 is 6.95. The molecule has 90 valence electrons. The van der Waals surface area contributed by atoms with Gasteiger partial charge in [0, 0.05) is 16.4 Å². The van der Waals surface area contributed by atoms with Crippen LogP contribution in [0, 0.1) is 10.1 Å². The topological polar surface area (TPSA) is 119 Å². The molecule has 1 aliphatic heterocycles. The van der Waals surface area contributed by atoms with Crippen molar-refractivity contribution in [3.63, 3.8) is 0 Å². The molecule has 0 N–H and O–H groups in total. The van der Waals surface area contributed by atoms with E-state index in [0.29, 0.717) is 13.0 Å². The number of azide groups is 1. The molecule has 2 rings (SSSR count). The summed E-state index contributed by atoms with van der Waals surface area (Å²) in [6.07, 6.45) is 1.63. The normalized spacial score (nSPS) is 22.2. The lowest BCUT2D eigenvalue weighted by atomic mass is 10.1. The standard InChI is InChI=1S/C8H10N6O3/c1-2-6-5(11-12-9)3-13-4-7(14(15)16)10-8(13)17-6/h4-6H,2-3H2,1H3/t5-,6+/m0/s1. The van der Waals surface area contributed by atoms with Crippen molar-refractivity contribution in [1.29, 1.82) is 0 Å². The number of ether oxygens (including phenoxy) is 1. The molecule has 0 aliphatic carbocycles. The van der Waals surface area contributed by atoms with Crippen LogP contribution in [0.1, 0.15) is 13.3 Å². The van der Waals surface area contributed by atoms with E-state index < -0.39 is 4.92 Å². The van der Waals surface area contributed by atoms with E-state index in [-0.39, 0.29) is 24.0 Å². The summed E-state index contributed by atoms with van der Waals surface area (Å²) in [5.41, 5.74) is 8.44. The zero-order valence-electron chi connectivity index (χ0n) is 9.05. The van der Waals surface area contributed by atoms with Crippen molar-refractivity contribution >= 4 is 5.82 Å². The first-order valence-electron chi connectivity index (χ1n) is 5.08. The molecule has 0 spiro atoms. The Balaban J connectivity index is 2.32. The lowest BCUT2D eigenvalue weighted by molar-refractivity contribution is -0.389. The summed E-state index contributed by atoms with van der Waals surface area (Å²) >= 11 is 0. The van der Waals surface area contributed by atoms with Gasteiger partial charge in [-0.3, -0.25) is 4.57 Å². The smallest absolute Gasteiger partial charge is 0.414 e. The third-order valence-electron chi connectivity index (χ3n) is 2.59. The largest absolute Gasteiger partial charge is 0.442 e. The highest BCUT2D eigenvalue weighted by Crippen LogP contribution is 2.26. The first-order chi connectivity index (χ1) is 8.15. The van der Waals surface area contributed by atoms with E-state index in [1.807, 2.05) is 6.92 Å². The average molecular weight is 238 g/mol. The predicted octanol–water partition coefficient (Wildman–Crippen LogP) is 1.64. The highest BCUT2D eigenvalue weighted by Gasteiger charge is 2.33. The van der Waals surface area contributed by atoms with Crippen molar-refractivity contribution in [2.24, 2.45) is 5.11 Å². The third kappa shape index (κ3) is 2.00. The van der Waals surface area contributed by atoms with Gasteiger partial charge in [-0.25, -0.2) is 0 Å². The Morgan fingerprint density at radius 2 is 2.65 bits per heavy atom. The highest BCUT2D eigenvalue weighted by molar-refractivity contribution is 5.22. The summed E-state index contributed by atoms with van der Waals surface area (Å²) in [6.45, 7) is 2.23. The Bertz CT molecular complexity index is 491. The van der Waals surface area contributed by atoms with Gasteiger partial charge in [-0.05, 0) is 16.9 Å². The zero-order valence-corrected chi connectivity index (χ0v) is 9.05. The molecular formula is C8H10N6O3. The van der Waals surface area contributed by atoms with Crippen LogP contribution in [0.4, 0.5) is 5.82 Å². The minimum atomic E-state index is -0.585. The summed E-state index contributed by atoms with van der Waals surface area (Å²) in [5.74, 6) is -0.267. The second-order valence-electron chi connectivity index (χ2n) is 3.63. The van der Waals surface area contributed by atoms with Crippen LogP contribution in [-0.2, 0) is 6.54 Å². The lowest BCUT2D eigenvalue weighted by Gasteiger charge is -2.26. The number of aromatic nitrogens is 2. The van der Waals surface area contributed by atoms with Crippen molar-refractivity contribution in [3.05, 3.63) is 26.8 Å². The van der Waals surface area contributed by atoms with Gasteiger partial charge in [-0.15, -0.1) is 0 Å². The molecule has 0 amide bonds. The lowest BCUT2D eigenvalue weighted by Crippen LogP contribution is -2.38. The maximum Gasteiger partial charge on any atom is 0.414 e. The highest BCUT2D eigenvalue weighted by atomic mass is 16.6. The fourth-order valence-electron chi connectivity index (χ4n) is 1.76. The van der Waals surface area contributed by atoms with Crippen molar-refractivity contribution < 1.29 is 9.66 Å². The van der Waals surface area contributed by atoms with E-state index >= 15 is 0 Å². The van der Waals surface area contributed by atoms with Crippen molar-refractivity contribution in [2.45, 2.75) is 32.0 Å². The van der Waals surface area contributed by atoms with E-state index in [2.05, 4.69) is 15.0 Å². The van der Waals surface area contributed by atoms with Gasteiger partial charge in [-0.2, -0.15) is 0 Å². The molecule has 9 nitrogen and oxygen atoms in total. The van der Waals surface area contributed by atoms with Gasteiger partial charge in [-0.1, -0.05) is 12.0 Å². The van der Waals surface area contributed by atoms with E-state index in [4.69, 9.17) is 10.3 Å². The minimum absolute atomic E-state index is 0.202. The molecule has 17 heavy (non-hydrogen) atoms. The van der Waals surface area contributed by atoms with Crippen LogP contribution >= 0.6 is 0 Å². The molecule has 1 aromatic rings. The number of imidazole rings is 1. The molecule has 0 fully saturated rings. The average Bonchev–Trinajstić information content (AvgIpc) is 2.71. The molecule has 2 atom stereocenters. The van der Waals surface area contributed by atoms with Gasteiger partial charge < -0.3 is 14.9 Å². The van der Waals surface area contributed by atoms with Crippen LogP contribution in [0.5, 0.6) is 6.01 Å². The van der Waals surface area contributed by atoms with Crippen LogP contribution in [-0.4, -0.2) is 26.6 Å². The molecule has 2 heterocycles. The molecule has 1 aliphatic rings. The molecule has 1 aromatic heterocycles. The van der Waals surface area contributed by atoms with E-state index in [1.165, 1.54) is 10.8 Å². The maximum absolute atomic E-state index is 10.6. The van der Waals surface area contributed by atoms with Crippen LogP contribution in [0.15, 0.2) is 11.3 Å². The molecule has 0 saturated carbocycles. The Kier molecular flexibility index (Phi) is 2.84. The van der Waals surface area contributed by atoms with Crippen molar-refractivity contribution in [1.82, 2.24) is 9.55 Å². The van der Waals surface area contributed by atoms with Gasteiger partial charge in [0.1, 0.15) is 12.3 Å². The summed E-state index contributed by atoms with van der Waals surface area (Å²) in [5, 5.41) is 14.2. The molecule has 9 heteroatoms. The molecule has 0 unspecified atom stereocenters. The fraction of sp³-hybridized carbons (Fsp3) is 0.625. The van der Waals surface area contributed by atoms with E-state index in [0.717, 1.165) is 0 Å². The van der Waals surface area contributed by atoms with E-state index in [1.54, 1.807) is 0 Å². The van der Waals surface area contributed by atoms with Crippen LogP contribution in [0.25, 0.3) is 10.4 Å². The Labute approximate surface area is 95.8 Å². The number of hydrogen-bond acceptors (Lipinski definition) is 5. The molecule has 0 bridgehead atoms. The molecule has 0 radical (unpaired) electrons. The molecule has 0 saturated heterocycles. The summed E-state index contributed by atoms with van der Waals surface area (Å²) in [4.78, 5) is 16.5. The minimum Gasteiger partial charge on any atom is -0.442 e. The van der Waals surface area contributed by atoms with Crippen LogP contribution < -0.4 is 4.74 Å². The van der Waals surface area contributed by atoms with E-state index in [9.17, 15) is 10.1 Å². The number of rotatable bonds is 3. The number of nitro groups is 1. The van der Waals surface area contributed by atoms with Crippen molar-refractivity contribution in [3.8, 4) is 6.01 Å². The van der Waals surface area contributed by atoms with Gasteiger partial charge in [0.15, 0.2) is 0 Å². The van der Waals surface area contributed by atoms with Crippen LogP contribution in [0.3, 0.4) is 0 Å². The van der Waals surface area contributed by atoms with Crippen molar-refractivity contribution in [2.75, 3.05) is 0 Å². The zero-order chi connectivity index (χ0) is 12.4. The summed E-state index contributed by atoms with van der Waals surface area (Å²) in [7, 11) is 0. The predicted molar refractivity (Wildman–Crippen MR) is 56.5 cm³/mol. The monoisotopic (exact) mass is 238 g/mol. The Hall–Kier alpha value is -2.28. The second-order valence-corrected chi connectivity index (χ2v) is 3.63. The number of hydrogen-bond donors (Lipinski definition) is 0. The molecule has 0 aromatic carbocycles. The third-order valence-corrected chi connectivity index (χ3v) is 2.59. The Morgan fingerprint density at radius 1 is 1.88 bits per heavy atom. The van der Waals surface area contributed by atoms with Gasteiger partial charge in [0.25, 0.3) is 0 Å². The maximum atomic E-state index is 10.6. The fourth-order valence-corrected chi connectivity index (χ4v) is 1.76.